The summed E-state index contributed by atoms with van der Waals surface area (Å²) in [4.78, 5) is 0. The molecule has 0 saturated heterocycles. The van der Waals surface area contributed by atoms with Crippen LogP contribution in [0.15, 0.2) is 11.1 Å². The Morgan fingerprint density at radius 2 is 1.71 bits per heavy atom. The van der Waals surface area contributed by atoms with Crippen LogP contribution in [0.5, 0.6) is 0 Å². The largest absolute Gasteiger partial charge is 0.387 e. The molecular formula is C15H26O2. The van der Waals surface area contributed by atoms with E-state index >= 15 is 0 Å². The van der Waals surface area contributed by atoms with Crippen LogP contribution in [-0.2, 0) is 0 Å². The second-order valence-electron chi connectivity index (χ2n) is 6.65. The summed E-state index contributed by atoms with van der Waals surface area (Å²) in [6, 6.07) is 0. The van der Waals surface area contributed by atoms with E-state index in [0.717, 1.165) is 18.4 Å². The molecule has 2 heteroatoms. The quantitative estimate of drug-likeness (QED) is 0.690. The van der Waals surface area contributed by atoms with Gasteiger partial charge in [0.15, 0.2) is 0 Å². The zero-order chi connectivity index (χ0) is 13.0. The van der Waals surface area contributed by atoms with Crippen LogP contribution in [0.1, 0.15) is 53.9 Å². The van der Waals surface area contributed by atoms with Gasteiger partial charge in [-0.3, -0.25) is 0 Å². The Labute approximate surface area is 105 Å². The smallest absolute Gasteiger partial charge is 0.112 e. The third-order valence-corrected chi connectivity index (χ3v) is 5.21. The molecule has 4 atom stereocenters. The Hall–Kier alpha value is -0.340. The molecule has 2 N–H and O–H groups in total. The van der Waals surface area contributed by atoms with Gasteiger partial charge in [0, 0.05) is 0 Å². The second kappa shape index (κ2) is 3.83. The molecule has 98 valence electrons. The van der Waals surface area contributed by atoms with Gasteiger partial charge in [-0.1, -0.05) is 26.3 Å². The van der Waals surface area contributed by atoms with E-state index in [4.69, 9.17) is 0 Å². The van der Waals surface area contributed by atoms with Gasteiger partial charge in [-0.2, -0.15) is 0 Å². The summed E-state index contributed by atoms with van der Waals surface area (Å²) < 4.78 is 0. The lowest BCUT2D eigenvalue weighted by Gasteiger charge is -2.38. The van der Waals surface area contributed by atoms with Crippen LogP contribution in [-0.4, -0.2) is 21.4 Å². The molecule has 0 spiro atoms. The van der Waals surface area contributed by atoms with Gasteiger partial charge in [0.1, 0.15) is 5.60 Å². The van der Waals surface area contributed by atoms with E-state index in [9.17, 15) is 10.2 Å². The van der Waals surface area contributed by atoms with Crippen molar-refractivity contribution < 1.29 is 10.2 Å². The first-order valence-electron chi connectivity index (χ1n) is 6.88. The Kier molecular flexibility index (Phi) is 2.95. The van der Waals surface area contributed by atoms with Crippen molar-refractivity contribution in [2.45, 2.75) is 65.1 Å². The SMILES string of the molecule is CC(C)C1[C@@H](C)C(=C2CCC2)[C@](C)(O)[C@]1(C)O. The molecule has 0 aliphatic heterocycles. The van der Waals surface area contributed by atoms with Crippen molar-refractivity contribution in [2.24, 2.45) is 17.8 Å². The van der Waals surface area contributed by atoms with Crippen LogP contribution in [0.4, 0.5) is 0 Å². The fraction of sp³-hybridized carbons (Fsp3) is 0.867. The van der Waals surface area contributed by atoms with Crippen LogP contribution >= 0.6 is 0 Å². The maximum atomic E-state index is 10.8. The van der Waals surface area contributed by atoms with Crippen molar-refractivity contribution in [1.29, 1.82) is 0 Å². The Morgan fingerprint density at radius 3 is 2.00 bits per heavy atom. The predicted octanol–water partition coefficient (Wildman–Crippen LogP) is 2.89. The molecule has 1 unspecified atom stereocenters. The van der Waals surface area contributed by atoms with Gasteiger partial charge in [0.25, 0.3) is 0 Å². The summed E-state index contributed by atoms with van der Waals surface area (Å²) in [5.41, 5.74) is 0.452. The van der Waals surface area contributed by atoms with Crippen molar-refractivity contribution >= 4 is 0 Å². The summed E-state index contributed by atoms with van der Waals surface area (Å²) in [6.45, 7) is 10.0. The maximum Gasteiger partial charge on any atom is 0.112 e. The molecule has 2 aliphatic carbocycles. The molecule has 2 saturated carbocycles. The third-order valence-electron chi connectivity index (χ3n) is 5.21. The van der Waals surface area contributed by atoms with Gasteiger partial charge in [-0.25, -0.2) is 0 Å². The highest BCUT2D eigenvalue weighted by Crippen LogP contribution is 2.56. The topological polar surface area (TPSA) is 40.5 Å². The van der Waals surface area contributed by atoms with Crippen LogP contribution in [0.3, 0.4) is 0 Å². The van der Waals surface area contributed by atoms with Crippen molar-refractivity contribution in [2.75, 3.05) is 0 Å². The first-order valence-corrected chi connectivity index (χ1v) is 6.88. The average Bonchev–Trinajstić information content (AvgIpc) is 2.19. The van der Waals surface area contributed by atoms with Crippen LogP contribution in [0.25, 0.3) is 0 Å². The van der Waals surface area contributed by atoms with Crippen LogP contribution < -0.4 is 0 Å². The standard InChI is InChI=1S/C15H26O2/c1-9(2)12-10(3)13(11-7-6-8-11)15(5,17)14(12,4)16/h9-10,12,16-17H,6-8H2,1-5H3/t10-,12?,14-,15+/m1/s1. The van der Waals surface area contributed by atoms with E-state index in [1.165, 1.54) is 12.0 Å². The molecule has 0 aromatic carbocycles. The van der Waals surface area contributed by atoms with Gasteiger partial charge in [-0.05, 0) is 56.4 Å². The predicted molar refractivity (Wildman–Crippen MR) is 69.6 cm³/mol. The van der Waals surface area contributed by atoms with E-state index in [-0.39, 0.29) is 11.8 Å². The summed E-state index contributed by atoms with van der Waals surface area (Å²) in [5, 5.41) is 21.6. The number of rotatable bonds is 1. The minimum absolute atomic E-state index is 0.139. The highest BCUT2D eigenvalue weighted by atomic mass is 16.4. The van der Waals surface area contributed by atoms with Crippen LogP contribution in [0, 0.1) is 17.8 Å². The minimum atomic E-state index is -1.06. The van der Waals surface area contributed by atoms with Crippen molar-refractivity contribution in [3.63, 3.8) is 0 Å². The summed E-state index contributed by atoms with van der Waals surface area (Å²) in [5.74, 6) is 0.806. The Bertz CT molecular complexity index is 344. The third kappa shape index (κ3) is 1.61. The lowest BCUT2D eigenvalue weighted by molar-refractivity contribution is -0.126. The molecule has 0 radical (unpaired) electrons. The number of aliphatic hydroxyl groups is 2. The van der Waals surface area contributed by atoms with Crippen molar-refractivity contribution in [1.82, 2.24) is 0 Å². The number of allylic oxidation sites excluding steroid dienone is 1. The molecule has 2 nitrogen and oxygen atoms in total. The monoisotopic (exact) mass is 238 g/mol. The number of hydrogen-bond donors (Lipinski definition) is 2. The fourth-order valence-corrected chi connectivity index (χ4v) is 4.22. The van der Waals surface area contributed by atoms with E-state index < -0.39 is 11.2 Å². The first kappa shape index (κ1) is 13.1. The molecule has 17 heavy (non-hydrogen) atoms. The summed E-state index contributed by atoms with van der Waals surface area (Å²) in [7, 11) is 0. The Balaban J connectivity index is 2.51. The molecule has 0 amide bonds. The van der Waals surface area contributed by atoms with E-state index in [1.54, 1.807) is 13.8 Å². The summed E-state index contributed by atoms with van der Waals surface area (Å²) >= 11 is 0. The first-order chi connectivity index (χ1) is 7.71. The molecule has 2 fully saturated rings. The number of hydrogen-bond acceptors (Lipinski definition) is 2. The molecule has 0 heterocycles. The molecular weight excluding hydrogens is 212 g/mol. The van der Waals surface area contributed by atoms with Crippen molar-refractivity contribution in [3.8, 4) is 0 Å². The zero-order valence-corrected chi connectivity index (χ0v) is 11.7. The normalized spacial score (nSPS) is 46.6. The fourth-order valence-electron chi connectivity index (χ4n) is 4.22. The lowest BCUT2D eigenvalue weighted by Crippen LogP contribution is -2.51. The van der Waals surface area contributed by atoms with Gasteiger partial charge in [0.05, 0.1) is 5.60 Å². The molecule has 0 bridgehead atoms. The second-order valence-corrected chi connectivity index (χ2v) is 6.65. The summed E-state index contributed by atoms with van der Waals surface area (Å²) in [6.07, 6.45) is 3.45. The lowest BCUT2D eigenvalue weighted by atomic mass is 9.76. The van der Waals surface area contributed by atoms with Gasteiger partial charge < -0.3 is 10.2 Å². The van der Waals surface area contributed by atoms with Gasteiger partial charge in [-0.15, -0.1) is 0 Å². The zero-order valence-electron chi connectivity index (χ0n) is 11.7. The minimum Gasteiger partial charge on any atom is -0.387 e. The van der Waals surface area contributed by atoms with Gasteiger partial charge in [0.2, 0.25) is 0 Å². The highest BCUT2D eigenvalue weighted by molar-refractivity contribution is 5.38. The average molecular weight is 238 g/mol. The molecule has 2 rings (SSSR count). The van der Waals surface area contributed by atoms with Crippen molar-refractivity contribution in [3.05, 3.63) is 11.1 Å². The van der Waals surface area contributed by atoms with Crippen LogP contribution in [0.2, 0.25) is 0 Å². The van der Waals surface area contributed by atoms with E-state index in [0.29, 0.717) is 5.92 Å². The molecule has 2 aliphatic rings. The molecule has 0 aromatic rings. The molecule has 0 aromatic heterocycles. The maximum absolute atomic E-state index is 10.8. The Morgan fingerprint density at radius 1 is 1.18 bits per heavy atom. The van der Waals surface area contributed by atoms with Gasteiger partial charge >= 0.3 is 0 Å². The van der Waals surface area contributed by atoms with E-state index in [2.05, 4.69) is 20.8 Å². The highest BCUT2D eigenvalue weighted by Gasteiger charge is 2.61. The van der Waals surface area contributed by atoms with E-state index in [1.807, 2.05) is 0 Å².